The highest BCUT2D eigenvalue weighted by atomic mass is 79.9. The van der Waals surface area contributed by atoms with Crippen molar-refractivity contribution in [2.75, 3.05) is 0 Å². The average Bonchev–Trinajstić information content (AvgIpc) is 2.50. The monoisotopic (exact) mass is 273 g/mol. The molecule has 2 rings (SSSR count). The number of rotatable bonds is 1. The number of imide groups is 1. The lowest BCUT2D eigenvalue weighted by Gasteiger charge is -2.19. The lowest BCUT2D eigenvalue weighted by molar-refractivity contribution is -0.133. The molecule has 14 heavy (non-hydrogen) atoms. The van der Waals surface area contributed by atoms with Gasteiger partial charge in [0, 0.05) is 23.6 Å². The van der Waals surface area contributed by atoms with Crippen molar-refractivity contribution in [3.05, 3.63) is 20.8 Å². The number of piperidine rings is 1. The highest BCUT2D eigenvalue weighted by molar-refractivity contribution is 9.11. The lowest BCUT2D eigenvalue weighted by Crippen LogP contribution is -2.37. The van der Waals surface area contributed by atoms with Gasteiger partial charge in [-0.1, -0.05) is 0 Å². The fraction of sp³-hybridized carbons (Fsp3) is 0.333. The number of thiophene rings is 1. The summed E-state index contributed by atoms with van der Waals surface area (Å²) in [4.78, 5) is 23.3. The molecule has 1 aliphatic rings. The smallest absolute Gasteiger partial charge is 0.227 e. The van der Waals surface area contributed by atoms with Crippen LogP contribution in [0.3, 0.4) is 0 Å². The Morgan fingerprint density at radius 3 is 2.43 bits per heavy atom. The van der Waals surface area contributed by atoms with Gasteiger partial charge < -0.3 is 0 Å². The summed E-state index contributed by atoms with van der Waals surface area (Å²) in [5, 5.41) is 2.30. The summed E-state index contributed by atoms with van der Waals surface area (Å²) >= 11 is 4.94. The summed E-state index contributed by atoms with van der Waals surface area (Å²) in [6, 6.07) is 3.91. The topological polar surface area (TPSA) is 46.2 Å². The van der Waals surface area contributed by atoms with Gasteiger partial charge in [0.2, 0.25) is 11.8 Å². The predicted octanol–water partition coefficient (Wildman–Crippen LogP) is 2.03. The van der Waals surface area contributed by atoms with Crippen LogP contribution in [0.2, 0.25) is 0 Å². The zero-order chi connectivity index (χ0) is 10.1. The third-order valence-corrected chi connectivity index (χ3v) is 3.92. The Bertz CT molecular complexity index is 372. The van der Waals surface area contributed by atoms with Crippen molar-refractivity contribution >= 4 is 39.1 Å². The van der Waals surface area contributed by atoms with Crippen molar-refractivity contribution in [1.29, 1.82) is 0 Å². The molecule has 0 bridgehead atoms. The SMILES string of the molecule is O=C1CC(c2ccc(Br)s2)CC(=O)N1. The zero-order valence-electron chi connectivity index (χ0n) is 7.25. The molecule has 74 valence electrons. The van der Waals surface area contributed by atoms with Gasteiger partial charge in [-0.2, -0.15) is 0 Å². The molecule has 0 atom stereocenters. The van der Waals surface area contributed by atoms with Gasteiger partial charge in [-0.15, -0.1) is 11.3 Å². The van der Waals surface area contributed by atoms with E-state index >= 15 is 0 Å². The predicted molar refractivity (Wildman–Crippen MR) is 57.1 cm³/mol. The third-order valence-electron chi connectivity index (χ3n) is 2.14. The van der Waals surface area contributed by atoms with Crippen molar-refractivity contribution in [3.63, 3.8) is 0 Å². The van der Waals surface area contributed by atoms with Crippen molar-refractivity contribution < 1.29 is 9.59 Å². The second kappa shape index (κ2) is 3.82. The molecule has 1 aliphatic heterocycles. The van der Waals surface area contributed by atoms with Crippen LogP contribution in [0.5, 0.6) is 0 Å². The number of hydrogen-bond acceptors (Lipinski definition) is 3. The van der Waals surface area contributed by atoms with E-state index < -0.39 is 0 Å². The molecule has 0 saturated carbocycles. The van der Waals surface area contributed by atoms with Crippen molar-refractivity contribution in [2.45, 2.75) is 18.8 Å². The van der Waals surface area contributed by atoms with Crippen LogP contribution in [-0.2, 0) is 9.59 Å². The minimum atomic E-state index is -0.171. The normalized spacial score (nSPS) is 18.4. The number of carbonyl (C=O) groups excluding carboxylic acids is 2. The Balaban J connectivity index is 2.18. The van der Waals surface area contributed by atoms with E-state index in [1.54, 1.807) is 11.3 Å². The van der Waals surface area contributed by atoms with Gasteiger partial charge in [0.1, 0.15) is 0 Å². The Labute approximate surface area is 93.6 Å². The summed E-state index contributed by atoms with van der Waals surface area (Å²) in [7, 11) is 0. The lowest BCUT2D eigenvalue weighted by atomic mass is 9.95. The molecule has 0 aliphatic carbocycles. The highest BCUT2D eigenvalue weighted by Gasteiger charge is 2.26. The highest BCUT2D eigenvalue weighted by Crippen LogP contribution is 2.33. The van der Waals surface area contributed by atoms with E-state index in [4.69, 9.17) is 0 Å². The molecule has 5 heteroatoms. The maximum absolute atomic E-state index is 11.1. The molecular formula is C9H8BrNO2S. The summed E-state index contributed by atoms with van der Waals surface area (Å²) < 4.78 is 1.03. The molecule has 2 amide bonds. The molecule has 1 saturated heterocycles. The van der Waals surface area contributed by atoms with E-state index in [9.17, 15) is 9.59 Å². The Kier molecular flexibility index (Phi) is 2.69. The zero-order valence-corrected chi connectivity index (χ0v) is 9.65. The van der Waals surface area contributed by atoms with Crippen molar-refractivity contribution in [1.82, 2.24) is 5.32 Å². The quantitative estimate of drug-likeness (QED) is 0.796. The number of hydrogen-bond donors (Lipinski definition) is 1. The van der Waals surface area contributed by atoms with E-state index in [0.29, 0.717) is 12.8 Å². The first-order chi connectivity index (χ1) is 6.65. The first-order valence-electron chi connectivity index (χ1n) is 4.23. The first-order valence-corrected chi connectivity index (χ1v) is 5.84. The van der Waals surface area contributed by atoms with E-state index in [1.807, 2.05) is 12.1 Å². The number of halogens is 1. The van der Waals surface area contributed by atoms with Crippen LogP contribution >= 0.6 is 27.3 Å². The van der Waals surface area contributed by atoms with Gasteiger partial charge in [-0.05, 0) is 28.1 Å². The number of carbonyl (C=O) groups is 2. The molecule has 0 unspecified atom stereocenters. The summed E-state index contributed by atoms with van der Waals surface area (Å²) in [5.74, 6) is -0.279. The molecule has 0 aromatic carbocycles. The van der Waals surface area contributed by atoms with Gasteiger partial charge >= 0.3 is 0 Å². The Morgan fingerprint density at radius 1 is 1.29 bits per heavy atom. The van der Waals surface area contributed by atoms with Gasteiger partial charge in [-0.25, -0.2) is 0 Å². The average molecular weight is 274 g/mol. The standard InChI is InChI=1S/C9H8BrNO2S/c10-7-2-1-6(14-7)5-3-8(12)11-9(13)4-5/h1-2,5H,3-4H2,(H,11,12,13). The van der Waals surface area contributed by atoms with Crippen LogP contribution < -0.4 is 5.32 Å². The largest absolute Gasteiger partial charge is 0.296 e. The van der Waals surface area contributed by atoms with Crippen LogP contribution in [0.25, 0.3) is 0 Å². The maximum atomic E-state index is 11.1. The van der Waals surface area contributed by atoms with Crippen LogP contribution in [0.4, 0.5) is 0 Å². The molecule has 1 aromatic rings. The first kappa shape index (κ1) is 9.86. The summed E-state index contributed by atoms with van der Waals surface area (Å²) in [5.41, 5.74) is 0. The second-order valence-electron chi connectivity index (χ2n) is 3.22. The van der Waals surface area contributed by atoms with Gasteiger partial charge in [0.05, 0.1) is 3.79 Å². The summed E-state index contributed by atoms with van der Waals surface area (Å²) in [6.07, 6.45) is 0.831. The molecule has 1 N–H and O–H groups in total. The Morgan fingerprint density at radius 2 is 1.93 bits per heavy atom. The van der Waals surface area contributed by atoms with Crippen LogP contribution in [0, 0.1) is 0 Å². The molecular weight excluding hydrogens is 266 g/mol. The number of nitrogens with one attached hydrogen (secondary N) is 1. The van der Waals surface area contributed by atoms with Crippen molar-refractivity contribution in [2.24, 2.45) is 0 Å². The van der Waals surface area contributed by atoms with Gasteiger partial charge in [-0.3, -0.25) is 14.9 Å². The molecule has 3 nitrogen and oxygen atoms in total. The van der Waals surface area contributed by atoms with E-state index in [2.05, 4.69) is 21.2 Å². The Hall–Kier alpha value is -0.680. The van der Waals surface area contributed by atoms with Crippen LogP contribution in [-0.4, -0.2) is 11.8 Å². The van der Waals surface area contributed by atoms with E-state index in [0.717, 1.165) is 8.66 Å². The third kappa shape index (κ3) is 2.04. The minimum Gasteiger partial charge on any atom is -0.296 e. The molecule has 0 radical (unpaired) electrons. The van der Waals surface area contributed by atoms with Gasteiger partial charge in [0.15, 0.2) is 0 Å². The van der Waals surface area contributed by atoms with E-state index in [1.165, 1.54) is 0 Å². The summed E-state index contributed by atoms with van der Waals surface area (Å²) in [6.45, 7) is 0. The minimum absolute atomic E-state index is 0.0625. The molecule has 2 heterocycles. The fourth-order valence-electron chi connectivity index (χ4n) is 1.53. The van der Waals surface area contributed by atoms with Crippen LogP contribution in [0.1, 0.15) is 23.6 Å². The van der Waals surface area contributed by atoms with Gasteiger partial charge in [0.25, 0.3) is 0 Å². The van der Waals surface area contributed by atoms with Crippen LogP contribution in [0.15, 0.2) is 15.9 Å². The van der Waals surface area contributed by atoms with Crippen molar-refractivity contribution in [3.8, 4) is 0 Å². The molecule has 1 fully saturated rings. The maximum Gasteiger partial charge on any atom is 0.227 e. The fourth-order valence-corrected chi connectivity index (χ4v) is 3.05. The number of amides is 2. The molecule has 0 spiro atoms. The second-order valence-corrected chi connectivity index (χ2v) is 5.71. The molecule has 1 aromatic heterocycles. The van der Waals surface area contributed by atoms with E-state index in [-0.39, 0.29) is 17.7 Å².